The van der Waals surface area contributed by atoms with Crippen LogP contribution in [0.4, 0.5) is 0 Å². The Morgan fingerprint density at radius 1 is 1.08 bits per heavy atom. The van der Waals surface area contributed by atoms with Gasteiger partial charge in [-0.05, 0) is 68.7 Å². The second kappa shape index (κ2) is 7.90. The number of nitrogens with one attached hydrogen (secondary N) is 1. The lowest BCUT2D eigenvalue weighted by Crippen LogP contribution is -2.47. The van der Waals surface area contributed by atoms with Crippen molar-refractivity contribution in [2.75, 3.05) is 19.6 Å². The van der Waals surface area contributed by atoms with Gasteiger partial charge in [0.15, 0.2) is 0 Å². The molecule has 4 heteroatoms. The molecule has 1 aromatic rings. The molecule has 3 aliphatic rings. The minimum Gasteiger partial charge on any atom is -0.355 e. The highest BCUT2D eigenvalue weighted by Crippen LogP contribution is 2.48. The summed E-state index contributed by atoms with van der Waals surface area (Å²) in [4.78, 5) is 15.6. The molecule has 1 aliphatic heterocycles. The second-order valence-electron chi connectivity index (χ2n) is 8.59. The van der Waals surface area contributed by atoms with Gasteiger partial charge in [0.25, 0.3) is 0 Å². The topological polar surface area (TPSA) is 32.3 Å². The van der Waals surface area contributed by atoms with Crippen molar-refractivity contribution in [3.8, 4) is 0 Å². The molecule has 2 saturated carbocycles. The molecule has 26 heavy (non-hydrogen) atoms. The van der Waals surface area contributed by atoms with E-state index in [9.17, 15) is 4.79 Å². The molecule has 142 valence electrons. The molecule has 1 aromatic carbocycles. The van der Waals surface area contributed by atoms with Crippen molar-refractivity contribution in [1.82, 2.24) is 10.2 Å². The van der Waals surface area contributed by atoms with E-state index in [1.165, 1.54) is 58.0 Å². The van der Waals surface area contributed by atoms with Gasteiger partial charge in [0.05, 0.1) is 5.41 Å². The Bertz CT molecular complexity index is 620. The van der Waals surface area contributed by atoms with Crippen molar-refractivity contribution >= 4 is 17.5 Å². The number of likely N-dealkylation sites (tertiary alicyclic amines) is 1. The molecule has 1 amide bonds. The molecule has 2 aliphatic carbocycles. The molecule has 1 saturated heterocycles. The van der Waals surface area contributed by atoms with Crippen LogP contribution in [0.1, 0.15) is 63.4 Å². The van der Waals surface area contributed by atoms with E-state index in [4.69, 9.17) is 11.6 Å². The fourth-order valence-corrected chi connectivity index (χ4v) is 5.11. The number of nitrogens with zero attached hydrogens (tertiary/aromatic N) is 1. The molecular weight excluding hydrogens is 344 g/mol. The normalized spacial score (nSPS) is 26.4. The predicted octanol–water partition coefficient (Wildman–Crippen LogP) is 4.53. The number of amides is 1. The summed E-state index contributed by atoms with van der Waals surface area (Å²) in [6.07, 6.45) is 11.4. The fraction of sp³-hybridized carbons (Fsp3) is 0.682. The van der Waals surface area contributed by atoms with Crippen LogP contribution in [0.15, 0.2) is 24.3 Å². The highest BCUT2D eigenvalue weighted by Gasteiger charge is 2.51. The van der Waals surface area contributed by atoms with Gasteiger partial charge in [0, 0.05) is 24.2 Å². The first-order valence-corrected chi connectivity index (χ1v) is 10.8. The van der Waals surface area contributed by atoms with E-state index in [1.54, 1.807) is 0 Å². The van der Waals surface area contributed by atoms with Gasteiger partial charge >= 0.3 is 0 Å². The van der Waals surface area contributed by atoms with Gasteiger partial charge in [0.2, 0.25) is 5.91 Å². The van der Waals surface area contributed by atoms with E-state index in [-0.39, 0.29) is 11.3 Å². The van der Waals surface area contributed by atoms with Crippen LogP contribution in [0, 0.1) is 5.92 Å². The Morgan fingerprint density at radius 2 is 1.81 bits per heavy atom. The number of piperidine rings is 1. The molecule has 0 aromatic heterocycles. The molecule has 0 unspecified atom stereocenters. The van der Waals surface area contributed by atoms with Gasteiger partial charge in [-0.3, -0.25) is 4.79 Å². The van der Waals surface area contributed by atoms with Gasteiger partial charge in [-0.2, -0.15) is 0 Å². The molecule has 3 nitrogen and oxygen atoms in total. The highest BCUT2D eigenvalue weighted by molar-refractivity contribution is 6.30. The zero-order chi connectivity index (χ0) is 18.0. The Labute approximate surface area is 162 Å². The molecule has 3 fully saturated rings. The van der Waals surface area contributed by atoms with E-state index in [1.807, 2.05) is 24.3 Å². The second-order valence-corrected chi connectivity index (χ2v) is 9.03. The third kappa shape index (κ3) is 3.94. The number of carbonyl (C=O) groups is 1. The molecule has 1 heterocycles. The quantitative estimate of drug-likeness (QED) is 0.821. The first kappa shape index (κ1) is 18.3. The molecule has 0 radical (unpaired) electrons. The first-order valence-electron chi connectivity index (χ1n) is 10.5. The summed E-state index contributed by atoms with van der Waals surface area (Å²) in [5.74, 6) is 0.824. The van der Waals surface area contributed by atoms with E-state index in [2.05, 4.69) is 10.2 Å². The Morgan fingerprint density at radius 3 is 2.50 bits per heavy atom. The minimum absolute atomic E-state index is 0.217. The molecular formula is C22H31ClN2O. The zero-order valence-electron chi connectivity index (χ0n) is 15.7. The number of benzene rings is 1. The number of halogens is 1. The number of hydrogen-bond donors (Lipinski definition) is 1. The van der Waals surface area contributed by atoms with Crippen LogP contribution in [-0.4, -0.2) is 36.5 Å². The number of rotatable bonds is 5. The fourth-order valence-electron chi connectivity index (χ4n) is 4.99. The maximum absolute atomic E-state index is 12.9. The third-order valence-corrected chi connectivity index (χ3v) is 7.03. The van der Waals surface area contributed by atoms with E-state index < -0.39 is 0 Å². The number of carbonyl (C=O) groups excluding carboxylic acids is 1. The molecule has 0 spiro atoms. The van der Waals surface area contributed by atoms with Crippen molar-refractivity contribution in [3.05, 3.63) is 34.9 Å². The van der Waals surface area contributed by atoms with Crippen molar-refractivity contribution in [1.29, 1.82) is 0 Å². The van der Waals surface area contributed by atoms with E-state index in [0.717, 1.165) is 36.0 Å². The largest absolute Gasteiger partial charge is 0.355 e. The lowest BCUT2D eigenvalue weighted by Gasteiger charge is -2.40. The van der Waals surface area contributed by atoms with Gasteiger partial charge in [-0.1, -0.05) is 43.0 Å². The Hall–Kier alpha value is -1.06. The van der Waals surface area contributed by atoms with Crippen LogP contribution < -0.4 is 5.32 Å². The van der Waals surface area contributed by atoms with Gasteiger partial charge in [-0.25, -0.2) is 0 Å². The van der Waals surface area contributed by atoms with Gasteiger partial charge in [0.1, 0.15) is 0 Å². The monoisotopic (exact) mass is 374 g/mol. The lowest BCUT2D eigenvalue weighted by atomic mass is 9.90. The van der Waals surface area contributed by atoms with Crippen molar-refractivity contribution in [2.45, 2.75) is 69.2 Å². The smallest absolute Gasteiger partial charge is 0.230 e. The maximum Gasteiger partial charge on any atom is 0.230 e. The van der Waals surface area contributed by atoms with E-state index >= 15 is 0 Å². The highest BCUT2D eigenvalue weighted by atomic mass is 35.5. The molecule has 1 N–H and O–H groups in total. The van der Waals surface area contributed by atoms with Gasteiger partial charge < -0.3 is 10.2 Å². The summed E-state index contributed by atoms with van der Waals surface area (Å²) >= 11 is 6.00. The Balaban J connectivity index is 1.30. The van der Waals surface area contributed by atoms with E-state index in [0.29, 0.717) is 5.92 Å². The van der Waals surface area contributed by atoms with Crippen LogP contribution in [-0.2, 0) is 10.2 Å². The van der Waals surface area contributed by atoms with Crippen LogP contribution in [0.2, 0.25) is 5.02 Å². The van der Waals surface area contributed by atoms with Crippen LogP contribution in [0.25, 0.3) is 0 Å². The van der Waals surface area contributed by atoms with Crippen molar-refractivity contribution < 1.29 is 4.79 Å². The summed E-state index contributed by atoms with van der Waals surface area (Å²) in [5.41, 5.74) is 0.828. The summed E-state index contributed by atoms with van der Waals surface area (Å²) < 4.78 is 0. The third-order valence-electron chi connectivity index (χ3n) is 6.77. The van der Waals surface area contributed by atoms with Crippen LogP contribution in [0.5, 0.6) is 0 Å². The predicted molar refractivity (Wildman–Crippen MR) is 107 cm³/mol. The summed E-state index contributed by atoms with van der Waals surface area (Å²) in [7, 11) is 0. The minimum atomic E-state index is -0.289. The van der Waals surface area contributed by atoms with Crippen molar-refractivity contribution in [2.24, 2.45) is 5.92 Å². The Kier molecular flexibility index (Phi) is 5.56. The summed E-state index contributed by atoms with van der Waals surface area (Å²) in [6.45, 7) is 3.25. The molecule has 0 bridgehead atoms. The first-order chi connectivity index (χ1) is 12.7. The lowest BCUT2D eigenvalue weighted by molar-refractivity contribution is -0.123. The summed E-state index contributed by atoms with van der Waals surface area (Å²) in [6, 6.07) is 8.62. The number of hydrogen-bond acceptors (Lipinski definition) is 2. The standard InChI is InChI=1S/C22H31ClN2O/c23-19-10-8-18(9-11-19)22(12-13-22)21(26)24-15-17-5-4-14-25(16-17)20-6-2-1-3-7-20/h8-11,17,20H,1-7,12-16H2,(H,24,26)/t17-/m0/s1. The molecule has 4 rings (SSSR count). The van der Waals surface area contributed by atoms with Crippen LogP contribution >= 0.6 is 11.6 Å². The summed E-state index contributed by atoms with van der Waals surface area (Å²) in [5, 5.41) is 4.02. The molecule has 1 atom stereocenters. The zero-order valence-corrected chi connectivity index (χ0v) is 16.4. The maximum atomic E-state index is 12.9. The van der Waals surface area contributed by atoms with Crippen molar-refractivity contribution in [3.63, 3.8) is 0 Å². The van der Waals surface area contributed by atoms with Crippen LogP contribution in [0.3, 0.4) is 0 Å². The van der Waals surface area contributed by atoms with Gasteiger partial charge in [-0.15, -0.1) is 0 Å². The average Bonchev–Trinajstić information content (AvgIpc) is 3.50. The SMILES string of the molecule is O=C(NC[C@@H]1CCCN(C2CCCCC2)C1)C1(c2ccc(Cl)cc2)CC1. The average molecular weight is 375 g/mol.